The maximum absolute atomic E-state index is 13.8. The summed E-state index contributed by atoms with van der Waals surface area (Å²) in [5.41, 5.74) is 1.29. The van der Waals surface area contributed by atoms with Gasteiger partial charge in [-0.15, -0.1) is 0 Å². The number of benzene rings is 1. The fourth-order valence-corrected chi connectivity index (χ4v) is 4.01. The maximum Gasteiger partial charge on any atom is 0.230 e. The first kappa shape index (κ1) is 8.31. The van der Waals surface area contributed by atoms with Crippen LogP contribution in [0.5, 0.6) is 0 Å². The molecule has 4 rings (SSSR count). The zero-order valence-corrected chi connectivity index (χ0v) is 14.9. The first-order valence-electron chi connectivity index (χ1n) is 15.0. The van der Waals surface area contributed by atoms with Crippen LogP contribution in [0, 0.1) is 5.92 Å². The second-order valence-corrected chi connectivity index (χ2v) is 6.78. The van der Waals surface area contributed by atoms with Gasteiger partial charge in [0, 0.05) is 57.8 Å². The van der Waals surface area contributed by atoms with Crippen LogP contribution in [0.3, 0.4) is 0 Å². The SMILES string of the molecule is [2H]c1cc2c3c(c([2H])n(C(C)=O)c3c1[2H])C[C@@H]1C2=C[C@@H](C(=O)N(C([2H])([2H])C([2H])([2H])[2H])C([2H])([2H])C([2H])([2H])[2H])CN1C. The van der Waals surface area contributed by atoms with Crippen LogP contribution in [-0.4, -0.2) is 58.8 Å². The molecule has 0 N–H and O–H groups in total. The Morgan fingerprint density at radius 3 is 2.89 bits per heavy atom. The molecule has 1 aliphatic heterocycles. The highest BCUT2D eigenvalue weighted by Gasteiger charge is 2.37. The highest BCUT2D eigenvalue weighted by atomic mass is 16.2. The molecular weight excluding hydrogens is 338 g/mol. The molecule has 5 heteroatoms. The van der Waals surface area contributed by atoms with E-state index in [4.69, 9.17) is 17.8 Å². The molecule has 0 fully saturated rings. The summed E-state index contributed by atoms with van der Waals surface area (Å²) in [5, 5.41) is 0.373. The number of carbonyl (C=O) groups is 2. The van der Waals surface area contributed by atoms with E-state index in [0.29, 0.717) is 22.1 Å². The van der Waals surface area contributed by atoms with Crippen molar-refractivity contribution < 1.29 is 27.4 Å². The normalized spacial score (nSPS) is 30.7. The number of carbonyl (C=O) groups excluding carboxylic acids is 2. The summed E-state index contributed by atoms with van der Waals surface area (Å²) in [4.78, 5) is 27.5. The Morgan fingerprint density at radius 1 is 1.41 bits per heavy atom. The van der Waals surface area contributed by atoms with E-state index in [2.05, 4.69) is 0 Å². The lowest BCUT2D eigenvalue weighted by Gasteiger charge is -2.40. The van der Waals surface area contributed by atoms with Gasteiger partial charge in [-0.05, 0) is 49.9 Å². The van der Waals surface area contributed by atoms with Gasteiger partial charge in [-0.2, -0.15) is 0 Å². The molecule has 0 radical (unpaired) electrons. The van der Waals surface area contributed by atoms with Crippen molar-refractivity contribution >= 4 is 28.3 Å². The van der Waals surface area contributed by atoms with E-state index in [1.54, 1.807) is 11.9 Å². The zero-order chi connectivity index (χ0) is 30.5. The lowest BCUT2D eigenvalue weighted by atomic mass is 9.79. The molecule has 1 aliphatic carbocycles. The predicted octanol–water partition coefficient (Wildman–Crippen LogP) is 3.04. The number of amides is 1. The molecule has 0 unspecified atom stereocenters. The summed E-state index contributed by atoms with van der Waals surface area (Å²) in [6, 6.07) is 0.339. The number of aromatic nitrogens is 1. The number of hydrogen-bond donors (Lipinski definition) is 0. The molecule has 2 aliphatic rings. The molecule has 0 saturated carbocycles. The van der Waals surface area contributed by atoms with Crippen molar-refractivity contribution in [2.45, 2.75) is 33.1 Å². The number of hydrogen-bond acceptors (Lipinski definition) is 3. The van der Waals surface area contributed by atoms with Gasteiger partial charge < -0.3 is 4.90 Å². The Morgan fingerprint density at radius 2 is 2.19 bits per heavy atom. The molecule has 2 heterocycles. The minimum atomic E-state index is -3.69. The summed E-state index contributed by atoms with van der Waals surface area (Å²) >= 11 is 0. The lowest BCUT2D eigenvalue weighted by Crippen LogP contribution is -2.47. The van der Waals surface area contributed by atoms with Gasteiger partial charge in [-0.1, -0.05) is 18.2 Å². The van der Waals surface area contributed by atoms with Crippen LogP contribution in [-0.2, 0) is 11.2 Å². The van der Waals surface area contributed by atoms with Crippen molar-refractivity contribution in [1.29, 1.82) is 0 Å². The predicted molar refractivity (Wildman–Crippen MR) is 108 cm³/mol. The molecule has 2 aromatic rings. The molecule has 1 aromatic carbocycles. The lowest BCUT2D eigenvalue weighted by molar-refractivity contribution is -0.134. The average molecular weight is 379 g/mol. The molecule has 0 bridgehead atoms. The zero-order valence-electron chi connectivity index (χ0n) is 27.9. The Labute approximate surface area is 178 Å². The quantitative estimate of drug-likeness (QED) is 0.825. The monoisotopic (exact) mass is 378 g/mol. The van der Waals surface area contributed by atoms with E-state index in [1.165, 1.54) is 19.1 Å². The van der Waals surface area contributed by atoms with Crippen LogP contribution < -0.4 is 0 Å². The molecule has 2 atom stereocenters. The summed E-state index contributed by atoms with van der Waals surface area (Å²) < 4.78 is 105. The maximum atomic E-state index is 13.8. The Kier molecular flexibility index (Phi) is 2.04. The smallest absolute Gasteiger partial charge is 0.230 e. The fraction of sp³-hybridized carbons (Fsp3) is 0.455. The summed E-state index contributed by atoms with van der Waals surface area (Å²) in [5.74, 6) is -3.31. The molecule has 1 aromatic heterocycles. The van der Waals surface area contributed by atoms with E-state index >= 15 is 0 Å². The molecule has 142 valence electrons. The third kappa shape index (κ3) is 2.72. The van der Waals surface area contributed by atoms with Crippen molar-refractivity contribution in [3.63, 3.8) is 0 Å². The van der Waals surface area contributed by atoms with Crippen molar-refractivity contribution in [3.05, 3.63) is 41.5 Å². The van der Waals surface area contributed by atoms with E-state index in [1.807, 2.05) is 0 Å². The van der Waals surface area contributed by atoms with Gasteiger partial charge in [0.05, 0.1) is 15.5 Å². The Balaban J connectivity index is 1.95. The third-order valence-corrected chi connectivity index (χ3v) is 5.23. The number of fused-ring (bicyclic) bond motifs is 2. The number of rotatable bonds is 3. The first-order chi connectivity index (χ1) is 18.1. The van der Waals surface area contributed by atoms with Crippen LogP contribution in [0.25, 0.3) is 16.5 Å². The average Bonchev–Trinajstić information content (AvgIpc) is 3.09. The highest BCUT2D eigenvalue weighted by molar-refractivity contribution is 6.03. The number of likely N-dealkylation sites (N-methyl/N-ethyl adjacent to an activating group) is 1. The topological polar surface area (TPSA) is 45.6 Å². The van der Waals surface area contributed by atoms with Crippen LogP contribution in [0.4, 0.5) is 0 Å². The van der Waals surface area contributed by atoms with E-state index < -0.39 is 50.5 Å². The molecule has 0 spiro atoms. The molecule has 5 nitrogen and oxygen atoms in total. The molecule has 0 saturated heterocycles. The van der Waals surface area contributed by atoms with Gasteiger partial charge >= 0.3 is 0 Å². The van der Waals surface area contributed by atoms with Crippen LogP contribution in [0.1, 0.15) is 54.4 Å². The fourth-order valence-electron chi connectivity index (χ4n) is 4.01. The van der Waals surface area contributed by atoms with E-state index in [-0.39, 0.29) is 41.6 Å². The highest BCUT2D eigenvalue weighted by Crippen LogP contribution is 2.41. The largest absolute Gasteiger partial charge is 0.343 e. The van der Waals surface area contributed by atoms with Crippen LogP contribution in [0.2, 0.25) is 0 Å². The minimum absolute atomic E-state index is 0.0598. The van der Waals surface area contributed by atoms with Crippen molar-refractivity contribution in [2.24, 2.45) is 5.92 Å². The summed E-state index contributed by atoms with van der Waals surface area (Å²) in [6.45, 7) is -13.5. The molecular formula is C22H27N3O2. The van der Waals surface area contributed by atoms with Crippen LogP contribution >= 0.6 is 0 Å². The standard InChI is InChI=1S/C22H27N3O2/c1-5-24(6-2)22(27)16-10-18-17-8-7-9-19-21(17)15(13-25(19)14(3)26)11-20(18)23(4)12-16/h7-10,13,16,20H,5-6,11-12H2,1-4H3/t16-,20-/m1/s1/i1D3,2D3,5D2,6D2,7D,9D,13D. The van der Waals surface area contributed by atoms with Crippen molar-refractivity contribution in [3.8, 4) is 0 Å². The Bertz CT molecular complexity index is 1430. The second kappa shape index (κ2) is 6.64. The van der Waals surface area contributed by atoms with Gasteiger partial charge in [0.1, 0.15) is 0 Å². The van der Waals surface area contributed by atoms with Crippen molar-refractivity contribution in [2.75, 3.05) is 26.6 Å². The van der Waals surface area contributed by atoms with Gasteiger partial charge in [0.15, 0.2) is 0 Å². The van der Waals surface area contributed by atoms with Gasteiger partial charge in [0.2, 0.25) is 11.8 Å². The Hall–Kier alpha value is -2.40. The van der Waals surface area contributed by atoms with E-state index in [9.17, 15) is 9.59 Å². The van der Waals surface area contributed by atoms with Crippen LogP contribution in [0.15, 0.2) is 30.4 Å². The summed E-state index contributed by atoms with van der Waals surface area (Å²) in [6.07, 6.45) is 1.44. The van der Waals surface area contributed by atoms with Gasteiger partial charge in [0.25, 0.3) is 0 Å². The van der Waals surface area contributed by atoms with Crippen molar-refractivity contribution in [1.82, 2.24) is 14.4 Å². The molecule has 27 heavy (non-hydrogen) atoms. The van der Waals surface area contributed by atoms with Gasteiger partial charge in [-0.25, -0.2) is 0 Å². The second-order valence-electron chi connectivity index (χ2n) is 6.78. The number of nitrogens with zero attached hydrogens (tertiary/aromatic N) is 3. The molecule has 1 amide bonds. The van der Waals surface area contributed by atoms with E-state index in [0.717, 1.165) is 4.57 Å². The first-order valence-corrected chi connectivity index (χ1v) is 8.47. The summed E-state index contributed by atoms with van der Waals surface area (Å²) in [7, 11) is 1.60. The third-order valence-electron chi connectivity index (χ3n) is 5.23. The minimum Gasteiger partial charge on any atom is -0.343 e. The van der Waals surface area contributed by atoms with Gasteiger partial charge in [-0.3, -0.25) is 19.1 Å².